The van der Waals surface area contributed by atoms with Crippen LogP contribution in [0.4, 0.5) is 8.78 Å². The maximum Gasteiger partial charge on any atom is 0.131 e. The number of methoxy groups -OCH3 is 1. The quantitative estimate of drug-likeness (QED) is 0.791. The van der Waals surface area contributed by atoms with Crippen molar-refractivity contribution in [2.75, 3.05) is 7.11 Å². The maximum atomic E-state index is 14.3. The molecule has 2 rings (SSSR count). The number of rotatable bonds is 4. The highest BCUT2D eigenvalue weighted by Crippen LogP contribution is 2.40. The molecule has 3 atom stereocenters. The lowest BCUT2D eigenvalue weighted by atomic mass is 9.75. The monoisotopic (exact) mass is 325 g/mol. The SMILES string of the molecule is CCC1CC(C(OC)c2c(F)cccc2F)C(C(C)(C)C)=NO1. The molecule has 0 spiro atoms. The van der Waals surface area contributed by atoms with Crippen molar-refractivity contribution in [2.45, 2.75) is 52.7 Å². The lowest BCUT2D eigenvalue weighted by molar-refractivity contribution is -0.0126. The second kappa shape index (κ2) is 6.95. The fourth-order valence-electron chi connectivity index (χ4n) is 3.10. The molecule has 0 amide bonds. The Hall–Kier alpha value is -1.49. The average Bonchev–Trinajstić information content (AvgIpc) is 2.49. The van der Waals surface area contributed by atoms with Gasteiger partial charge in [-0.3, -0.25) is 0 Å². The van der Waals surface area contributed by atoms with Gasteiger partial charge in [0.25, 0.3) is 0 Å². The van der Waals surface area contributed by atoms with Crippen molar-refractivity contribution in [1.29, 1.82) is 0 Å². The Labute approximate surface area is 136 Å². The van der Waals surface area contributed by atoms with Gasteiger partial charge in [0.05, 0.1) is 17.4 Å². The first-order chi connectivity index (χ1) is 10.8. The van der Waals surface area contributed by atoms with Gasteiger partial charge in [0, 0.05) is 18.4 Å². The molecule has 0 radical (unpaired) electrons. The zero-order chi connectivity index (χ0) is 17.2. The molecule has 0 N–H and O–H groups in total. The van der Waals surface area contributed by atoms with Crippen molar-refractivity contribution in [3.8, 4) is 0 Å². The molecule has 3 nitrogen and oxygen atoms in total. The predicted octanol–water partition coefficient (Wildman–Crippen LogP) is 4.87. The van der Waals surface area contributed by atoms with Gasteiger partial charge in [-0.2, -0.15) is 0 Å². The highest BCUT2D eigenvalue weighted by Gasteiger charge is 2.41. The minimum Gasteiger partial charge on any atom is -0.393 e. The molecule has 0 bridgehead atoms. The fraction of sp³-hybridized carbons (Fsp3) is 0.611. The molecular weight excluding hydrogens is 300 g/mol. The number of hydrogen-bond acceptors (Lipinski definition) is 3. The molecular formula is C18H25F2NO2. The Morgan fingerprint density at radius 1 is 1.30 bits per heavy atom. The molecule has 0 aliphatic carbocycles. The molecule has 1 aromatic rings. The van der Waals surface area contributed by atoms with Gasteiger partial charge in [0.1, 0.15) is 17.7 Å². The molecule has 1 aliphatic heterocycles. The van der Waals surface area contributed by atoms with Gasteiger partial charge < -0.3 is 9.57 Å². The number of nitrogens with zero attached hydrogens (tertiary/aromatic N) is 1. The number of ether oxygens (including phenoxy) is 1. The van der Waals surface area contributed by atoms with Crippen LogP contribution in [0.5, 0.6) is 0 Å². The third kappa shape index (κ3) is 3.71. The third-order valence-electron chi connectivity index (χ3n) is 4.30. The van der Waals surface area contributed by atoms with E-state index in [1.807, 2.05) is 27.7 Å². The van der Waals surface area contributed by atoms with E-state index in [9.17, 15) is 8.78 Å². The van der Waals surface area contributed by atoms with Crippen molar-refractivity contribution in [1.82, 2.24) is 0 Å². The number of halogens is 2. The molecule has 1 aliphatic rings. The van der Waals surface area contributed by atoms with Gasteiger partial charge in [-0.25, -0.2) is 8.78 Å². The van der Waals surface area contributed by atoms with E-state index in [1.54, 1.807) is 0 Å². The largest absolute Gasteiger partial charge is 0.393 e. The first kappa shape index (κ1) is 17.9. The molecule has 0 saturated heterocycles. The van der Waals surface area contributed by atoms with Crippen LogP contribution in [0.25, 0.3) is 0 Å². The Morgan fingerprint density at radius 3 is 2.39 bits per heavy atom. The summed E-state index contributed by atoms with van der Waals surface area (Å²) in [5.74, 6) is -1.42. The van der Waals surface area contributed by atoms with Crippen LogP contribution in [0.1, 0.15) is 52.2 Å². The molecule has 23 heavy (non-hydrogen) atoms. The van der Waals surface area contributed by atoms with Crippen molar-refractivity contribution in [3.63, 3.8) is 0 Å². The summed E-state index contributed by atoms with van der Waals surface area (Å²) >= 11 is 0. The summed E-state index contributed by atoms with van der Waals surface area (Å²) in [7, 11) is 1.48. The number of oxime groups is 1. The highest BCUT2D eigenvalue weighted by atomic mass is 19.1. The van der Waals surface area contributed by atoms with E-state index in [1.165, 1.54) is 25.3 Å². The van der Waals surface area contributed by atoms with Crippen molar-refractivity contribution in [2.24, 2.45) is 16.5 Å². The second-order valence-corrected chi connectivity index (χ2v) is 7.00. The topological polar surface area (TPSA) is 30.8 Å². The van der Waals surface area contributed by atoms with Gasteiger partial charge in [-0.15, -0.1) is 0 Å². The van der Waals surface area contributed by atoms with Gasteiger partial charge in [0.15, 0.2) is 0 Å². The van der Waals surface area contributed by atoms with Gasteiger partial charge >= 0.3 is 0 Å². The maximum absolute atomic E-state index is 14.3. The fourth-order valence-corrected chi connectivity index (χ4v) is 3.10. The summed E-state index contributed by atoms with van der Waals surface area (Å²) in [5, 5.41) is 4.28. The Morgan fingerprint density at radius 2 is 1.91 bits per heavy atom. The summed E-state index contributed by atoms with van der Waals surface area (Å²) in [4.78, 5) is 5.53. The second-order valence-electron chi connectivity index (χ2n) is 7.00. The molecule has 1 aromatic carbocycles. The van der Waals surface area contributed by atoms with Gasteiger partial charge in [-0.05, 0) is 25.0 Å². The third-order valence-corrected chi connectivity index (χ3v) is 4.30. The minimum atomic E-state index is -0.730. The molecule has 1 heterocycles. The van der Waals surface area contributed by atoms with E-state index in [0.717, 1.165) is 12.1 Å². The van der Waals surface area contributed by atoms with E-state index >= 15 is 0 Å². The van der Waals surface area contributed by atoms with Crippen molar-refractivity contribution < 1.29 is 18.4 Å². The molecule has 5 heteroatoms. The molecule has 128 valence electrons. The molecule has 0 fully saturated rings. The van der Waals surface area contributed by atoms with Crippen LogP contribution >= 0.6 is 0 Å². The average molecular weight is 325 g/mol. The Kier molecular flexibility index (Phi) is 5.40. The normalized spacial score (nSPS) is 23.2. The standard InChI is InChI=1S/C18H25F2NO2/c1-6-11-10-12(17(21-23-11)18(2,3)4)16(22-5)15-13(19)8-7-9-14(15)20/h7-9,11-12,16H,6,10H2,1-5H3. The zero-order valence-electron chi connectivity index (χ0n) is 14.4. The van der Waals surface area contributed by atoms with Crippen molar-refractivity contribution in [3.05, 3.63) is 35.4 Å². The molecule has 0 saturated carbocycles. The van der Waals surface area contributed by atoms with Crippen LogP contribution in [0.2, 0.25) is 0 Å². The first-order valence-electron chi connectivity index (χ1n) is 8.00. The lowest BCUT2D eigenvalue weighted by Crippen LogP contribution is -2.39. The van der Waals surface area contributed by atoms with Crippen LogP contribution in [0.15, 0.2) is 23.4 Å². The molecule has 3 unspecified atom stereocenters. The molecule has 0 aromatic heterocycles. The smallest absolute Gasteiger partial charge is 0.131 e. The van der Waals surface area contributed by atoms with E-state index in [2.05, 4.69) is 5.16 Å². The van der Waals surface area contributed by atoms with E-state index in [-0.39, 0.29) is 23.0 Å². The minimum absolute atomic E-state index is 0.0336. The summed E-state index contributed by atoms with van der Waals surface area (Å²) in [6.07, 6.45) is 0.609. The summed E-state index contributed by atoms with van der Waals surface area (Å²) < 4.78 is 34.0. The van der Waals surface area contributed by atoms with Gasteiger partial charge in [-0.1, -0.05) is 38.9 Å². The predicted molar refractivity (Wildman–Crippen MR) is 86.3 cm³/mol. The summed E-state index contributed by atoms with van der Waals surface area (Å²) in [5.41, 5.74) is 0.465. The Bertz CT molecular complexity index is 561. The summed E-state index contributed by atoms with van der Waals surface area (Å²) in [6, 6.07) is 3.88. The lowest BCUT2D eigenvalue weighted by Gasteiger charge is -2.38. The summed E-state index contributed by atoms with van der Waals surface area (Å²) in [6.45, 7) is 8.04. The Balaban J connectivity index is 2.48. The van der Waals surface area contributed by atoms with Crippen LogP contribution in [0.3, 0.4) is 0 Å². The number of benzene rings is 1. The van der Waals surface area contributed by atoms with Crippen LogP contribution in [-0.4, -0.2) is 18.9 Å². The van der Waals surface area contributed by atoms with E-state index in [0.29, 0.717) is 6.42 Å². The van der Waals surface area contributed by atoms with Crippen LogP contribution in [-0.2, 0) is 9.57 Å². The van der Waals surface area contributed by atoms with E-state index < -0.39 is 17.7 Å². The number of hydrogen-bond donors (Lipinski definition) is 0. The van der Waals surface area contributed by atoms with E-state index in [4.69, 9.17) is 9.57 Å². The first-order valence-corrected chi connectivity index (χ1v) is 8.00. The van der Waals surface area contributed by atoms with Crippen LogP contribution < -0.4 is 0 Å². The van der Waals surface area contributed by atoms with Gasteiger partial charge in [0.2, 0.25) is 0 Å². The highest BCUT2D eigenvalue weighted by molar-refractivity contribution is 5.92. The van der Waals surface area contributed by atoms with Crippen LogP contribution in [0, 0.1) is 23.0 Å². The zero-order valence-corrected chi connectivity index (χ0v) is 14.4. The van der Waals surface area contributed by atoms with Crippen molar-refractivity contribution >= 4 is 5.71 Å².